The van der Waals surface area contributed by atoms with Crippen LogP contribution in [0.4, 0.5) is 11.4 Å². The standard InChI is InChI=1S/C25H34N4O3/c1-28(2)14-8-13-26-25(31)22-17-21(11-12-23(22)29-15-6-7-16-29)27-24(30)19-32-18-20-9-4-3-5-10-20/h3-5,9-12,17H,6-8,13-16,18-19H2,1-2H3,(H,26,31)(H,27,30). The third kappa shape index (κ3) is 7.35. The summed E-state index contributed by atoms with van der Waals surface area (Å²) in [6, 6.07) is 15.3. The van der Waals surface area contributed by atoms with Gasteiger partial charge in [-0.15, -0.1) is 0 Å². The largest absolute Gasteiger partial charge is 0.371 e. The molecule has 1 aliphatic rings. The van der Waals surface area contributed by atoms with E-state index in [1.54, 1.807) is 6.07 Å². The number of carbonyl (C=O) groups is 2. The second kappa shape index (κ2) is 12.2. The Morgan fingerprint density at radius 3 is 2.53 bits per heavy atom. The lowest BCUT2D eigenvalue weighted by Crippen LogP contribution is -2.30. The van der Waals surface area contributed by atoms with Crippen LogP contribution in [-0.2, 0) is 16.1 Å². The minimum absolute atomic E-state index is 0.0468. The van der Waals surface area contributed by atoms with Crippen molar-refractivity contribution in [1.82, 2.24) is 10.2 Å². The van der Waals surface area contributed by atoms with Gasteiger partial charge in [-0.1, -0.05) is 30.3 Å². The highest BCUT2D eigenvalue weighted by molar-refractivity contribution is 6.02. The molecule has 32 heavy (non-hydrogen) atoms. The number of nitrogens with one attached hydrogen (secondary N) is 2. The Bertz CT molecular complexity index is 880. The number of ether oxygens (including phenoxy) is 1. The molecule has 7 nitrogen and oxygen atoms in total. The fraction of sp³-hybridized carbons (Fsp3) is 0.440. The van der Waals surface area contributed by atoms with Crippen molar-refractivity contribution in [1.29, 1.82) is 0 Å². The van der Waals surface area contributed by atoms with Crippen LogP contribution in [0.1, 0.15) is 35.2 Å². The third-order valence-corrected chi connectivity index (χ3v) is 5.38. The Morgan fingerprint density at radius 2 is 1.81 bits per heavy atom. The smallest absolute Gasteiger partial charge is 0.253 e. The molecule has 0 unspecified atom stereocenters. The molecule has 172 valence electrons. The van der Waals surface area contributed by atoms with Crippen molar-refractivity contribution in [3.05, 3.63) is 59.7 Å². The van der Waals surface area contributed by atoms with Crippen LogP contribution in [0.25, 0.3) is 0 Å². The van der Waals surface area contributed by atoms with Crippen LogP contribution in [0.15, 0.2) is 48.5 Å². The average Bonchev–Trinajstić information content (AvgIpc) is 3.32. The van der Waals surface area contributed by atoms with Gasteiger partial charge in [0.15, 0.2) is 0 Å². The SMILES string of the molecule is CN(C)CCCNC(=O)c1cc(NC(=O)COCc2ccccc2)ccc1N1CCCC1. The Morgan fingerprint density at radius 1 is 1.06 bits per heavy atom. The molecule has 2 N–H and O–H groups in total. The predicted molar refractivity (Wildman–Crippen MR) is 128 cm³/mol. The van der Waals surface area contributed by atoms with Gasteiger partial charge in [0.2, 0.25) is 5.91 Å². The first-order valence-corrected chi connectivity index (χ1v) is 11.3. The Kier molecular flexibility index (Phi) is 9.07. The maximum absolute atomic E-state index is 12.9. The monoisotopic (exact) mass is 438 g/mol. The van der Waals surface area contributed by atoms with E-state index in [9.17, 15) is 9.59 Å². The lowest BCUT2D eigenvalue weighted by atomic mass is 10.1. The van der Waals surface area contributed by atoms with Gasteiger partial charge < -0.3 is 25.2 Å². The van der Waals surface area contributed by atoms with Gasteiger partial charge >= 0.3 is 0 Å². The number of hydrogen-bond acceptors (Lipinski definition) is 5. The molecule has 1 aliphatic heterocycles. The van der Waals surface area contributed by atoms with Crippen molar-refractivity contribution in [3.63, 3.8) is 0 Å². The van der Waals surface area contributed by atoms with Crippen LogP contribution in [0.5, 0.6) is 0 Å². The topological polar surface area (TPSA) is 73.9 Å². The first kappa shape index (κ1) is 23.8. The zero-order valence-electron chi connectivity index (χ0n) is 19.1. The zero-order valence-corrected chi connectivity index (χ0v) is 19.1. The van der Waals surface area contributed by atoms with Crippen LogP contribution in [0.3, 0.4) is 0 Å². The molecule has 1 saturated heterocycles. The molecule has 0 radical (unpaired) electrons. The minimum atomic E-state index is -0.243. The summed E-state index contributed by atoms with van der Waals surface area (Å²) in [4.78, 5) is 29.6. The van der Waals surface area contributed by atoms with E-state index >= 15 is 0 Å². The van der Waals surface area contributed by atoms with Crippen molar-refractivity contribution < 1.29 is 14.3 Å². The summed E-state index contributed by atoms with van der Waals surface area (Å²) in [7, 11) is 4.03. The molecule has 0 bridgehead atoms. The van der Waals surface area contributed by atoms with Crippen LogP contribution < -0.4 is 15.5 Å². The molecule has 0 aromatic heterocycles. The summed E-state index contributed by atoms with van der Waals surface area (Å²) >= 11 is 0. The van der Waals surface area contributed by atoms with Gasteiger partial charge in [0, 0.05) is 31.0 Å². The van der Waals surface area contributed by atoms with E-state index in [2.05, 4.69) is 20.4 Å². The van der Waals surface area contributed by atoms with Crippen molar-refractivity contribution >= 4 is 23.2 Å². The number of carbonyl (C=O) groups excluding carboxylic acids is 2. The molecule has 2 amide bonds. The Balaban J connectivity index is 1.61. The van der Waals surface area contributed by atoms with E-state index in [4.69, 9.17) is 4.74 Å². The Hall–Kier alpha value is -2.90. The van der Waals surface area contributed by atoms with E-state index in [1.807, 2.05) is 56.6 Å². The van der Waals surface area contributed by atoms with Gasteiger partial charge in [-0.25, -0.2) is 0 Å². The van der Waals surface area contributed by atoms with Crippen LogP contribution in [0.2, 0.25) is 0 Å². The number of benzene rings is 2. The van der Waals surface area contributed by atoms with E-state index in [0.717, 1.165) is 50.1 Å². The van der Waals surface area contributed by atoms with Gasteiger partial charge in [0.05, 0.1) is 12.2 Å². The fourth-order valence-electron chi connectivity index (χ4n) is 3.75. The van der Waals surface area contributed by atoms with Gasteiger partial charge in [0.25, 0.3) is 5.91 Å². The quantitative estimate of drug-likeness (QED) is 0.528. The normalized spacial score (nSPS) is 13.4. The molecule has 0 aliphatic carbocycles. The highest BCUT2D eigenvalue weighted by Gasteiger charge is 2.20. The van der Waals surface area contributed by atoms with E-state index in [-0.39, 0.29) is 18.4 Å². The van der Waals surface area contributed by atoms with Crippen LogP contribution >= 0.6 is 0 Å². The molecule has 7 heteroatoms. The molecular formula is C25H34N4O3. The molecule has 0 saturated carbocycles. The predicted octanol–water partition coefficient (Wildman–Crippen LogP) is 3.12. The summed E-state index contributed by atoms with van der Waals surface area (Å²) in [5.41, 5.74) is 3.13. The summed E-state index contributed by atoms with van der Waals surface area (Å²) in [5.74, 6) is -0.353. The van der Waals surface area contributed by atoms with Crippen molar-refractivity contribution in [2.24, 2.45) is 0 Å². The summed E-state index contributed by atoms with van der Waals surface area (Å²) in [5, 5.41) is 5.88. The lowest BCUT2D eigenvalue weighted by Gasteiger charge is -2.22. The molecule has 3 rings (SSSR count). The van der Waals surface area contributed by atoms with Crippen molar-refractivity contribution in [3.8, 4) is 0 Å². The molecule has 2 aromatic rings. The van der Waals surface area contributed by atoms with E-state index in [1.165, 1.54) is 0 Å². The van der Waals surface area contributed by atoms with Gasteiger partial charge in [-0.3, -0.25) is 9.59 Å². The van der Waals surface area contributed by atoms with Crippen LogP contribution in [-0.4, -0.2) is 63.6 Å². The highest BCUT2D eigenvalue weighted by atomic mass is 16.5. The molecule has 1 fully saturated rings. The van der Waals surface area contributed by atoms with Crippen LogP contribution in [0, 0.1) is 0 Å². The molecule has 1 heterocycles. The second-order valence-corrected chi connectivity index (χ2v) is 8.37. The van der Waals surface area contributed by atoms with Crippen molar-refractivity contribution in [2.45, 2.75) is 25.9 Å². The maximum Gasteiger partial charge on any atom is 0.253 e. The fourth-order valence-corrected chi connectivity index (χ4v) is 3.75. The lowest BCUT2D eigenvalue weighted by molar-refractivity contribution is -0.121. The van der Waals surface area contributed by atoms with E-state index < -0.39 is 0 Å². The minimum Gasteiger partial charge on any atom is -0.371 e. The first-order valence-electron chi connectivity index (χ1n) is 11.3. The average molecular weight is 439 g/mol. The van der Waals surface area contributed by atoms with Gasteiger partial charge in [0.1, 0.15) is 6.61 Å². The third-order valence-electron chi connectivity index (χ3n) is 5.38. The second-order valence-electron chi connectivity index (χ2n) is 8.37. The number of amides is 2. The molecular weight excluding hydrogens is 404 g/mol. The summed E-state index contributed by atoms with van der Waals surface area (Å²) in [6.45, 7) is 3.75. The molecule has 0 spiro atoms. The summed E-state index contributed by atoms with van der Waals surface area (Å²) < 4.78 is 5.52. The highest BCUT2D eigenvalue weighted by Crippen LogP contribution is 2.27. The van der Waals surface area contributed by atoms with E-state index in [0.29, 0.717) is 24.4 Å². The number of nitrogens with zero attached hydrogens (tertiary/aromatic N) is 2. The summed E-state index contributed by atoms with van der Waals surface area (Å²) in [6.07, 6.45) is 3.13. The van der Waals surface area contributed by atoms with Gasteiger partial charge in [-0.2, -0.15) is 0 Å². The number of anilines is 2. The number of rotatable bonds is 11. The van der Waals surface area contributed by atoms with Gasteiger partial charge in [-0.05, 0) is 63.7 Å². The number of hydrogen-bond donors (Lipinski definition) is 2. The Labute approximate surface area is 190 Å². The molecule has 2 aromatic carbocycles. The maximum atomic E-state index is 12.9. The first-order chi connectivity index (χ1) is 15.5. The zero-order chi connectivity index (χ0) is 22.8. The van der Waals surface area contributed by atoms with Crippen molar-refractivity contribution in [2.75, 3.05) is 57.1 Å². The molecule has 0 atom stereocenters.